The second kappa shape index (κ2) is 6.37. The van der Waals surface area contributed by atoms with E-state index in [2.05, 4.69) is 26.0 Å². The van der Waals surface area contributed by atoms with Crippen LogP contribution in [-0.2, 0) is 0 Å². The molecule has 0 heterocycles. The Hall–Kier alpha value is -1.39. The smallest absolute Gasteiger partial charge is 0.160 e. The van der Waals surface area contributed by atoms with Crippen LogP contribution in [0.25, 0.3) is 10.4 Å². The Morgan fingerprint density at radius 1 is 1.29 bits per heavy atom. The number of azide groups is 1. The van der Waals surface area contributed by atoms with Crippen molar-refractivity contribution in [3.8, 4) is 11.5 Å². The van der Waals surface area contributed by atoms with Crippen LogP contribution >= 0.6 is 15.9 Å². The summed E-state index contributed by atoms with van der Waals surface area (Å²) in [5.41, 5.74) is 9.44. The summed E-state index contributed by atoms with van der Waals surface area (Å²) in [5, 5.41) is 3.76. The fourth-order valence-electron chi connectivity index (χ4n) is 1.52. The Kier molecular flexibility index (Phi) is 5.12. The number of ether oxygens (including phenoxy) is 2. The molecule has 0 amide bonds. The summed E-state index contributed by atoms with van der Waals surface area (Å²) in [6.07, 6.45) is 0. The zero-order valence-electron chi connectivity index (χ0n) is 9.92. The van der Waals surface area contributed by atoms with Crippen molar-refractivity contribution >= 4 is 15.9 Å². The van der Waals surface area contributed by atoms with Crippen molar-refractivity contribution < 1.29 is 9.47 Å². The van der Waals surface area contributed by atoms with Crippen LogP contribution in [0.2, 0.25) is 0 Å². The van der Waals surface area contributed by atoms with E-state index in [4.69, 9.17) is 15.0 Å². The van der Waals surface area contributed by atoms with E-state index >= 15 is 0 Å². The van der Waals surface area contributed by atoms with Crippen molar-refractivity contribution in [3.05, 3.63) is 34.2 Å². The molecule has 1 aromatic rings. The molecule has 0 unspecified atom stereocenters. The molecule has 17 heavy (non-hydrogen) atoms. The first-order valence-corrected chi connectivity index (χ1v) is 5.95. The van der Waals surface area contributed by atoms with E-state index in [1.165, 1.54) is 0 Å². The van der Waals surface area contributed by atoms with Gasteiger partial charge in [-0.3, -0.25) is 0 Å². The highest BCUT2D eigenvalue weighted by Gasteiger charge is 2.17. The molecule has 2 atom stereocenters. The highest BCUT2D eigenvalue weighted by Crippen LogP contribution is 2.34. The normalized spacial score (nSPS) is 13.4. The number of hydrogen-bond acceptors (Lipinski definition) is 3. The number of nitrogens with zero attached hydrogens (tertiary/aromatic N) is 3. The zero-order valence-corrected chi connectivity index (χ0v) is 11.5. The lowest BCUT2D eigenvalue weighted by molar-refractivity contribution is 0.354. The Balaban J connectivity index is 3.16. The van der Waals surface area contributed by atoms with E-state index in [0.717, 1.165) is 5.56 Å². The minimum Gasteiger partial charge on any atom is -0.493 e. The van der Waals surface area contributed by atoms with Crippen LogP contribution in [0.15, 0.2) is 23.3 Å². The largest absolute Gasteiger partial charge is 0.493 e. The third-order valence-electron chi connectivity index (χ3n) is 2.36. The predicted octanol–water partition coefficient (Wildman–Crippen LogP) is 3.84. The average Bonchev–Trinajstić information content (AvgIpc) is 2.34. The highest BCUT2D eigenvalue weighted by molar-refractivity contribution is 9.09. The first-order valence-electron chi connectivity index (χ1n) is 5.04. The topological polar surface area (TPSA) is 67.2 Å². The maximum Gasteiger partial charge on any atom is 0.160 e. The summed E-state index contributed by atoms with van der Waals surface area (Å²) < 4.78 is 10.4. The number of hydrogen-bond donors (Lipinski definition) is 0. The fourth-order valence-corrected chi connectivity index (χ4v) is 1.93. The van der Waals surface area contributed by atoms with Gasteiger partial charge in [-0.15, -0.1) is 0 Å². The molecule has 0 N–H and O–H groups in total. The second-order valence-electron chi connectivity index (χ2n) is 3.44. The molecule has 0 fully saturated rings. The zero-order chi connectivity index (χ0) is 12.8. The van der Waals surface area contributed by atoms with Crippen molar-refractivity contribution in [1.29, 1.82) is 0 Å². The van der Waals surface area contributed by atoms with E-state index in [9.17, 15) is 0 Å². The van der Waals surface area contributed by atoms with Gasteiger partial charge in [0.2, 0.25) is 0 Å². The Morgan fingerprint density at radius 2 is 1.94 bits per heavy atom. The van der Waals surface area contributed by atoms with Gasteiger partial charge >= 0.3 is 0 Å². The van der Waals surface area contributed by atoms with Gasteiger partial charge in [0.1, 0.15) is 0 Å². The summed E-state index contributed by atoms with van der Waals surface area (Å²) in [5.74, 6) is 1.27. The third kappa shape index (κ3) is 3.28. The van der Waals surface area contributed by atoms with Gasteiger partial charge in [0.05, 0.1) is 20.3 Å². The van der Waals surface area contributed by atoms with Crippen LogP contribution in [0.5, 0.6) is 11.5 Å². The number of alkyl halides is 1. The first kappa shape index (κ1) is 13.7. The maximum atomic E-state index is 8.56. The van der Waals surface area contributed by atoms with Gasteiger partial charge in [-0.2, -0.15) is 0 Å². The standard InChI is InChI=1S/C11H14BrN3O2/c1-7(12)11(14-15-13)8-4-5-9(16-2)10(6-8)17-3/h4-7,11H,1-3H3/t7-,11-/m1/s1. The Bertz CT molecular complexity index is 431. The molecule has 0 saturated heterocycles. The van der Waals surface area contributed by atoms with Gasteiger partial charge in [0.15, 0.2) is 11.5 Å². The molecule has 1 rings (SSSR count). The number of methoxy groups -OCH3 is 2. The number of halogens is 1. The summed E-state index contributed by atoms with van der Waals surface area (Å²) in [4.78, 5) is 2.89. The van der Waals surface area contributed by atoms with Crippen LogP contribution < -0.4 is 9.47 Å². The molecule has 0 aliphatic carbocycles. The van der Waals surface area contributed by atoms with Crippen LogP contribution in [0.3, 0.4) is 0 Å². The molecule has 0 saturated carbocycles. The van der Waals surface area contributed by atoms with E-state index in [1.807, 2.05) is 19.1 Å². The average molecular weight is 300 g/mol. The lowest BCUT2D eigenvalue weighted by Crippen LogP contribution is -2.06. The van der Waals surface area contributed by atoms with Crippen LogP contribution in [0.1, 0.15) is 18.5 Å². The molecule has 1 aromatic carbocycles. The molecular weight excluding hydrogens is 286 g/mol. The molecule has 6 heteroatoms. The Morgan fingerprint density at radius 3 is 2.41 bits per heavy atom. The van der Waals surface area contributed by atoms with Crippen molar-refractivity contribution in [2.24, 2.45) is 5.11 Å². The SMILES string of the molecule is COc1ccc([C@H](N=[N+]=[N-])[C@@H](C)Br)cc1OC. The fraction of sp³-hybridized carbons (Fsp3) is 0.455. The molecule has 0 spiro atoms. The van der Waals surface area contributed by atoms with Crippen molar-refractivity contribution in [2.75, 3.05) is 14.2 Å². The quantitative estimate of drug-likeness (QED) is 0.359. The van der Waals surface area contributed by atoms with E-state index in [1.54, 1.807) is 20.3 Å². The lowest BCUT2D eigenvalue weighted by atomic mass is 10.0. The third-order valence-corrected chi connectivity index (χ3v) is 2.86. The summed E-state index contributed by atoms with van der Waals surface area (Å²) in [6.45, 7) is 1.93. The lowest BCUT2D eigenvalue weighted by Gasteiger charge is -2.16. The Labute approximate surface area is 108 Å². The van der Waals surface area contributed by atoms with Gasteiger partial charge in [0, 0.05) is 9.74 Å². The van der Waals surface area contributed by atoms with Gasteiger partial charge < -0.3 is 9.47 Å². The van der Waals surface area contributed by atoms with Gasteiger partial charge in [-0.25, -0.2) is 0 Å². The van der Waals surface area contributed by atoms with Crippen molar-refractivity contribution in [2.45, 2.75) is 17.8 Å². The molecule has 0 aliphatic heterocycles. The molecule has 0 radical (unpaired) electrons. The minimum absolute atomic E-state index is 0.0384. The minimum atomic E-state index is -0.278. The molecule has 0 bridgehead atoms. The number of rotatable bonds is 5. The predicted molar refractivity (Wildman–Crippen MR) is 69.8 cm³/mol. The highest BCUT2D eigenvalue weighted by atomic mass is 79.9. The van der Waals surface area contributed by atoms with E-state index in [0.29, 0.717) is 11.5 Å². The van der Waals surface area contributed by atoms with E-state index in [-0.39, 0.29) is 10.9 Å². The summed E-state index contributed by atoms with van der Waals surface area (Å²) in [7, 11) is 3.15. The summed E-state index contributed by atoms with van der Waals surface area (Å²) in [6, 6.07) is 5.19. The molecule has 0 aromatic heterocycles. The van der Waals surface area contributed by atoms with Gasteiger partial charge in [0.25, 0.3) is 0 Å². The molecule has 5 nitrogen and oxygen atoms in total. The van der Waals surface area contributed by atoms with Crippen LogP contribution in [0.4, 0.5) is 0 Å². The second-order valence-corrected chi connectivity index (χ2v) is 4.89. The molecular formula is C11H14BrN3O2. The van der Waals surface area contributed by atoms with Gasteiger partial charge in [-0.05, 0) is 23.2 Å². The van der Waals surface area contributed by atoms with Crippen molar-refractivity contribution in [1.82, 2.24) is 0 Å². The summed E-state index contributed by atoms with van der Waals surface area (Å²) >= 11 is 3.42. The first-order chi connectivity index (χ1) is 8.13. The maximum absolute atomic E-state index is 8.56. The van der Waals surface area contributed by atoms with Gasteiger partial charge in [-0.1, -0.05) is 34.0 Å². The van der Waals surface area contributed by atoms with Crippen LogP contribution in [-0.4, -0.2) is 19.0 Å². The molecule has 92 valence electrons. The van der Waals surface area contributed by atoms with Crippen LogP contribution in [0, 0.1) is 0 Å². The number of benzene rings is 1. The monoisotopic (exact) mass is 299 g/mol. The molecule has 0 aliphatic rings. The van der Waals surface area contributed by atoms with Crippen molar-refractivity contribution in [3.63, 3.8) is 0 Å². The van der Waals surface area contributed by atoms with E-state index < -0.39 is 0 Å².